The zero-order valence-electron chi connectivity index (χ0n) is 35.6. The first-order valence-corrected chi connectivity index (χ1v) is 23.1. The molecule has 0 aliphatic rings. The number of quaternary nitrogens is 1. The molecule has 0 aliphatic heterocycles. The number of aliphatic hydroxyl groups is 3. The highest BCUT2D eigenvalue weighted by Crippen LogP contribution is 2.38. The third-order valence-electron chi connectivity index (χ3n) is 9.53. The molecule has 0 saturated carbocycles. The molecule has 0 aromatic heterocycles. The molecule has 0 spiro atoms. The summed E-state index contributed by atoms with van der Waals surface area (Å²) < 4.78 is 23.1. The Bertz CT molecular complexity index is 1070. The summed E-state index contributed by atoms with van der Waals surface area (Å²) in [5.41, 5.74) is 0. The highest BCUT2D eigenvalue weighted by molar-refractivity contribution is 7.45. The average molecular weight is 799 g/mol. The molecule has 0 rings (SSSR count). The number of nitrogens with one attached hydrogen (secondary N) is 1. The summed E-state index contributed by atoms with van der Waals surface area (Å²) in [5.74, 6) is -0.388. The Morgan fingerprint density at radius 1 is 0.655 bits per heavy atom. The van der Waals surface area contributed by atoms with E-state index in [-0.39, 0.29) is 25.4 Å². The highest BCUT2D eigenvalue weighted by atomic mass is 31.2. The van der Waals surface area contributed by atoms with E-state index in [0.29, 0.717) is 30.3 Å². The maximum Gasteiger partial charge on any atom is 0.268 e. The van der Waals surface area contributed by atoms with Crippen molar-refractivity contribution in [3.63, 3.8) is 0 Å². The van der Waals surface area contributed by atoms with E-state index in [4.69, 9.17) is 9.05 Å². The van der Waals surface area contributed by atoms with E-state index < -0.39 is 38.8 Å². The number of hydrogen-bond donors (Lipinski definition) is 4. The molecule has 0 radical (unpaired) electrons. The van der Waals surface area contributed by atoms with E-state index in [1.165, 1.54) is 64.2 Å². The van der Waals surface area contributed by atoms with Crippen LogP contribution in [0.5, 0.6) is 0 Å². The summed E-state index contributed by atoms with van der Waals surface area (Å²) >= 11 is 0. The third-order valence-corrected chi connectivity index (χ3v) is 10.5. The second kappa shape index (κ2) is 35.5. The molecule has 11 heteroatoms. The summed E-state index contributed by atoms with van der Waals surface area (Å²) in [4.78, 5) is 25.3. The standard InChI is InChI=1S/C44H83N2O8P/c1-6-8-10-12-14-16-18-20-21-23-24-26-28-30-33-41(47)40(39-54-55(51,52)53-38-37-46(3,4)5)45-44(50)36-32-35-43(49)42(48)34-31-29-27-25-22-19-17-15-13-11-9-7-2/h9,11,15,17,22,25,29,31,40-43,47-49H,6-8,10,12-14,16,18-21,23-24,26-28,30,32-39H2,1-5H3,(H-,45,50,51,52)/b11-9-,17-15-,25-22-,31-29-/t40-,41+,42+,43+/m0/s1. The van der Waals surface area contributed by atoms with Crippen LogP contribution in [0.3, 0.4) is 0 Å². The summed E-state index contributed by atoms with van der Waals surface area (Å²) in [7, 11) is 1.12. The van der Waals surface area contributed by atoms with Gasteiger partial charge in [-0.1, -0.05) is 152 Å². The quantitative estimate of drug-likeness (QED) is 0.0209. The SMILES string of the molecule is CC/C=C\C/C=C\C/C=C\C/C=C\C[C@@H](O)[C@H](O)CCCC(=O)N[C@@H](COP(=O)([O-])OCC[N+](C)(C)C)[C@H](O)CCCCCCCCCCCCCCCC. The van der Waals surface area contributed by atoms with Crippen molar-refractivity contribution in [2.45, 2.75) is 186 Å². The van der Waals surface area contributed by atoms with Crippen molar-refractivity contribution < 1.29 is 43.1 Å². The van der Waals surface area contributed by atoms with E-state index >= 15 is 0 Å². The number of carbonyl (C=O) groups excluding carboxylic acids is 1. The second-order valence-corrected chi connectivity index (χ2v) is 17.4. The molecule has 55 heavy (non-hydrogen) atoms. The smallest absolute Gasteiger partial charge is 0.268 e. The molecule has 0 saturated heterocycles. The molecule has 0 aromatic rings. The summed E-state index contributed by atoms with van der Waals surface area (Å²) in [6.45, 7) is 4.34. The molecule has 0 heterocycles. The zero-order chi connectivity index (χ0) is 41.0. The van der Waals surface area contributed by atoms with Gasteiger partial charge in [0, 0.05) is 6.42 Å². The Kier molecular flexibility index (Phi) is 34.5. The number of nitrogens with zero attached hydrogens (tertiary/aromatic N) is 1. The predicted molar refractivity (Wildman–Crippen MR) is 226 cm³/mol. The number of hydrogen-bond acceptors (Lipinski definition) is 8. The minimum absolute atomic E-state index is 0.0423. The van der Waals surface area contributed by atoms with Gasteiger partial charge in [-0.3, -0.25) is 9.36 Å². The van der Waals surface area contributed by atoms with Gasteiger partial charge in [-0.25, -0.2) is 0 Å². The van der Waals surface area contributed by atoms with Crippen LogP contribution in [-0.2, 0) is 18.4 Å². The van der Waals surface area contributed by atoms with E-state index in [0.717, 1.165) is 51.4 Å². The van der Waals surface area contributed by atoms with Crippen molar-refractivity contribution in [3.8, 4) is 0 Å². The molecule has 1 amide bonds. The fraction of sp³-hybridized carbons (Fsp3) is 0.795. The van der Waals surface area contributed by atoms with Crippen molar-refractivity contribution in [1.82, 2.24) is 5.32 Å². The number of phosphoric acid groups is 1. The zero-order valence-corrected chi connectivity index (χ0v) is 36.5. The van der Waals surface area contributed by atoms with Gasteiger partial charge >= 0.3 is 0 Å². The van der Waals surface area contributed by atoms with Gasteiger partial charge in [-0.2, -0.15) is 0 Å². The number of allylic oxidation sites excluding steroid dienone is 7. The molecule has 10 nitrogen and oxygen atoms in total. The van der Waals surface area contributed by atoms with Gasteiger partial charge in [0.1, 0.15) is 13.2 Å². The summed E-state index contributed by atoms with van der Waals surface area (Å²) in [5, 5.41) is 34.6. The first-order chi connectivity index (χ1) is 26.3. The highest BCUT2D eigenvalue weighted by Gasteiger charge is 2.25. The fourth-order valence-corrected chi connectivity index (χ4v) is 6.67. The van der Waals surface area contributed by atoms with Crippen LogP contribution >= 0.6 is 7.82 Å². The van der Waals surface area contributed by atoms with Crippen molar-refractivity contribution in [2.24, 2.45) is 0 Å². The molecule has 0 bridgehead atoms. The lowest BCUT2D eigenvalue weighted by molar-refractivity contribution is -0.870. The molecule has 1 unspecified atom stereocenters. The first kappa shape index (κ1) is 53.4. The lowest BCUT2D eigenvalue weighted by atomic mass is 10.0. The first-order valence-electron chi connectivity index (χ1n) is 21.6. The van der Waals surface area contributed by atoms with Crippen LogP contribution in [-0.4, -0.2) is 91.0 Å². The molecule has 322 valence electrons. The van der Waals surface area contributed by atoms with Gasteiger partial charge in [0.2, 0.25) is 5.91 Å². The molecule has 0 fully saturated rings. The number of amides is 1. The van der Waals surface area contributed by atoms with Crippen LogP contribution in [0.25, 0.3) is 0 Å². The van der Waals surface area contributed by atoms with Crippen LogP contribution in [0.4, 0.5) is 0 Å². The Morgan fingerprint density at radius 3 is 1.64 bits per heavy atom. The minimum Gasteiger partial charge on any atom is -0.756 e. The van der Waals surface area contributed by atoms with Crippen LogP contribution in [0.15, 0.2) is 48.6 Å². The molecular weight excluding hydrogens is 715 g/mol. The second-order valence-electron chi connectivity index (χ2n) is 16.0. The van der Waals surface area contributed by atoms with Gasteiger partial charge in [0.15, 0.2) is 0 Å². The lowest BCUT2D eigenvalue weighted by Gasteiger charge is -2.30. The maximum atomic E-state index is 12.9. The molecule has 4 N–H and O–H groups in total. The molecule has 5 atom stereocenters. The Labute approximate surface area is 336 Å². The van der Waals surface area contributed by atoms with Crippen LogP contribution in [0, 0.1) is 0 Å². The van der Waals surface area contributed by atoms with Crippen molar-refractivity contribution in [2.75, 3.05) is 40.9 Å². The van der Waals surface area contributed by atoms with Crippen LogP contribution in [0.2, 0.25) is 0 Å². The van der Waals surface area contributed by atoms with E-state index in [9.17, 15) is 29.6 Å². The topological polar surface area (TPSA) is 148 Å². The number of phosphoric ester groups is 1. The Hall–Kier alpha value is -1.62. The van der Waals surface area contributed by atoms with Gasteiger partial charge in [0.05, 0.1) is 52.1 Å². The predicted octanol–water partition coefficient (Wildman–Crippen LogP) is 9.00. The van der Waals surface area contributed by atoms with Crippen LogP contribution in [0.1, 0.15) is 162 Å². The number of rotatable bonds is 38. The fourth-order valence-electron chi connectivity index (χ4n) is 5.95. The number of carbonyl (C=O) groups is 1. The number of aliphatic hydroxyl groups excluding tert-OH is 3. The monoisotopic (exact) mass is 799 g/mol. The largest absolute Gasteiger partial charge is 0.756 e. The van der Waals surface area contributed by atoms with Crippen molar-refractivity contribution in [1.29, 1.82) is 0 Å². The van der Waals surface area contributed by atoms with Gasteiger partial charge in [-0.05, 0) is 51.4 Å². The van der Waals surface area contributed by atoms with Crippen LogP contribution < -0.4 is 10.2 Å². The number of likely N-dealkylation sites (N-methyl/N-ethyl adjacent to an activating group) is 1. The van der Waals surface area contributed by atoms with Gasteiger partial charge in [0.25, 0.3) is 7.82 Å². The van der Waals surface area contributed by atoms with Crippen molar-refractivity contribution in [3.05, 3.63) is 48.6 Å². The maximum absolute atomic E-state index is 12.9. The molecular formula is C44H83N2O8P. The average Bonchev–Trinajstić information content (AvgIpc) is 3.13. The third kappa shape index (κ3) is 36.5. The minimum atomic E-state index is -4.65. The molecule has 0 aromatic carbocycles. The van der Waals surface area contributed by atoms with Gasteiger partial charge < -0.3 is 39.1 Å². The van der Waals surface area contributed by atoms with E-state index in [1.54, 1.807) is 0 Å². The van der Waals surface area contributed by atoms with E-state index in [2.05, 4.69) is 55.6 Å². The molecule has 0 aliphatic carbocycles. The van der Waals surface area contributed by atoms with Gasteiger partial charge in [-0.15, -0.1) is 0 Å². The number of unbranched alkanes of at least 4 members (excludes halogenated alkanes) is 13. The Morgan fingerprint density at radius 2 is 1.13 bits per heavy atom. The summed E-state index contributed by atoms with van der Waals surface area (Å²) in [6.07, 6.45) is 35.6. The lowest BCUT2D eigenvalue weighted by Crippen LogP contribution is -2.46. The van der Waals surface area contributed by atoms with Crippen molar-refractivity contribution >= 4 is 13.7 Å². The van der Waals surface area contributed by atoms with E-state index in [1.807, 2.05) is 33.3 Å². The summed E-state index contributed by atoms with van der Waals surface area (Å²) in [6, 6.07) is -0.938. The normalized spacial score (nSPS) is 16.0. The Balaban J connectivity index is 4.67.